The van der Waals surface area contributed by atoms with Crippen molar-refractivity contribution in [2.24, 2.45) is 0 Å². The number of phenolic OH excluding ortho intramolecular Hbond substituents is 1. The molecule has 0 aromatic heterocycles. The highest BCUT2D eigenvalue weighted by atomic mass is 16.5. The van der Waals surface area contributed by atoms with Crippen molar-refractivity contribution < 1.29 is 9.84 Å². The van der Waals surface area contributed by atoms with Crippen LogP contribution in [0.1, 0.15) is 0 Å². The van der Waals surface area contributed by atoms with Crippen LogP contribution >= 0.6 is 0 Å². The van der Waals surface area contributed by atoms with E-state index in [9.17, 15) is 5.11 Å². The van der Waals surface area contributed by atoms with Gasteiger partial charge in [0.1, 0.15) is 0 Å². The molecule has 2 aromatic rings. The molecule has 0 spiro atoms. The number of benzene rings is 2. The van der Waals surface area contributed by atoms with Gasteiger partial charge >= 0.3 is 0 Å². The Morgan fingerprint density at radius 3 is 2.41 bits per heavy atom. The van der Waals surface area contributed by atoms with E-state index in [-0.39, 0.29) is 5.75 Å². The van der Waals surface area contributed by atoms with E-state index < -0.39 is 0 Å². The van der Waals surface area contributed by atoms with E-state index in [4.69, 9.17) is 16.2 Å². The Balaban J connectivity index is 2.50. The van der Waals surface area contributed by atoms with E-state index in [2.05, 4.69) is 0 Å². The Morgan fingerprint density at radius 2 is 1.82 bits per heavy atom. The number of ether oxygens (including phenoxy) is 1. The van der Waals surface area contributed by atoms with Gasteiger partial charge in [-0.2, -0.15) is 0 Å². The van der Waals surface area contributed by atoms with Crippen molar-refractivity contribution in [3.05, 3.63) is 36.4 Å². The number of rotatable bonds is 2. The van der Waals surface area contributed by atoms with E-state index in [1.807, 2.05) is 12.1 Å². The summed E-state index contributed by atoms with van der Waals surface area (Å²) in [5, 5.41) is 9.71. The van der Waals surface area contributed by atoms with Crippen LogP contribution in [0.5, 0.6) is 11.5 Å². The van der Waals surface area contributed by atoms with Crippen LogP contribution in [0.4, 0.5) is 11.4 Å². The van der Waals surface area contributed by atoms with Crippen molar-refractivity contribution in [1.29, 1.82) is 0 Å². The molecular weight excluding hydrogens is 216 g/mol. The lowest BCUT2D eigenvalue weighted by molar-refractivity contribution is 0.373. The first kappa shape index (κ1) is 11.1. The molecule has 0 aliphatic rings. The summed E-state index contributed by atoms with van der Waals surface area (Å²) < 4.78 is 4.98. The second-order valence-electron chi connectivity index (χ2n) is 3.73. The normalized spacial score (nSPS) is 10.2. The number of anilines is 2. The minimum atomic E-state index is 0.0845. The summed E-state index contributed by atoms with van der Waals surface area (Å²) in [6.07, 6.45) is 0. The molecule has 0 heterocycles. The van der Waals surface area contributed by atoms with Crippen molar-refractivity contribution in [1.82, 2.24) is 0 Å². The zero-order valence-corrected chi connectivity index (χ0v) is 9.47. The van der Waals surface area contributed by atoms with E-state index in [1.165, 1.54) is 7.11 Å². The van der Waals surface area contributed by atoms with Gasteiger partial charge < -0.3 is 21.3 Å². The highest BCUT2D eigenvalue weighted by Gasteiger charge is 2.07. The Morgan fingerprint density at radius 1 is 1.06 bits per heavy atom. The smallest absolute Gasteiger partial charge is 0.160 e. The fourth-order valence-corrected chi connectivity index (χ4v) is 1.70. The largest absolute Gasteiger partial charge is 0.504 e. The molecule has 0 bridgehead atoms. The molecule has 0 saturated carbocycles. The second kappa shape index (κ2) is 4.25. The molecule has 0 atom stereocenters. The van der Waals surface area contributed by atoms with Crippen molar-refractivity contribution in [2.75, 3.05) is 18.6 Å². The lowest BCUT2D eigenvalue weighted by atomic mass is 10.0. The number of nitrogen functional groups attached to an aromatic ring is 2. The predicted molar refractivity (Wildman–Crippen MR) is 68.9 cm³/mol. The van der Waals surface area contributed by atoms with Gasteiger partial charge in [0.25, 0.3) is 0 Å². The second-order valence-corrected chi connectivity index (χ2v) is 3.73. The molecule has 17 heavy (non-hydrogen) atoms. The van der Waals surface area contributed by atoms with Crippen molar-refractivity contribution in [2.45, 2.75) is 0 Å². The molecule has 0 amide bonds. The Hall–Kier alpha value is -2.36. The van der Waals surface area contributed by atoms with Gasteiger partial charge in [-0.05, 0) is 29.8 Å². The zero-order valence-electron chi connectivity index (χ0n) is 9.47. The molecule has 0 aliphatic carbocycles. The van der Waals surface area contributed by atoms with E-state index >= 15 is 0 Å². The first-order valence-electron chi connectivity index (χ1n) is 5.14. The number of hydrogen-bond donors (Lipinski definition) is 3. The highest BCUT2D eigenvalue weighted by Crippen LogP contribution is 2.34. The van der Waals surface area contributed by atoms with Gasteiger partial charge in [0.2, 0.25) is 0 Å². The molecule has 0 unspecified atom stereocenters. The molecule has 4 nitrogen and oxygen atoms in total. The van der Waals surface area contributed by atoms with Crippen LogP contribution in [0.15, 0.2) is 36.4 Å². The summed E-state index contributed by atoms with van der Waals surface area (Å²) in [5.41, 5.74) is 14.4. The number of methoxy groups -OCH3 is 1. The summed E-state index contributed by atoms with van der Waals surface area (Å²) in [5.74, 6) is 0.518. The summed E-state index contributed by atoms with van der Waals surface area (Å²) in [6, 6.07) is 10.4. The van der Waals surface area contributed by atoms with Gasteiger partial charge in [-0.25, -0.2) is 0 Å². The maximum absolute atomic E-state index is 9.71. The SMILES string of the molecule is COc1ccc(-c2ccc(N)cc2N)cc1O. The first-order chi connectivity index (χ1) is 8.11. The molecule has 0 aliphatic heterocycles. The molecule has 0 saturated heterocycles. The predicted octanol–water partition coefficient (Wildman–Crippen LogP) is 2.23. The van der Waals surface area contributed by atoms with Crippen LogP contribution in [-0.2, 0) is 0 Å². The molecule has 2 aromatic carbocycles. The molecule has 5 N–H and O–H groups in total. The van der Waals surface area contributed by atoms with Gasteiger partial charge in [0, 0.05) is 16.9 Å². The van der Waals surface area contributed by atoms with Crippen LogP contribution in [0.25, 0.3) is 11.1 Å². The van der Waals surface area contributed by atoms with Gasteiger partial charge in [-0.3, -0.25) is 0 Å². The molecule has 88 valence electrons. The van der Waals surface area contributed by atoms with Crippen LogP contribution in [0, 0.1) is 0 Å². The van der Waals surface area contributed by atoms with Crippen molar-refractivity contribution in [3.8, 4) is 22.6 Å². The zero-order chi connectivity index (χ0) is 12.4. The van der Waals surface area contributed by atoms with Crippen molar-refractivity contribution >= 4 is 11.4 Å². The summed E-state index contributed by atoms with van der Waals surface area (Å²) >= 11 is 0. The molecule has 4 heteroatoms. The number of hydrogen-bond acceptors (Lipinski definition) is 4. The number of phenols is 1. The van der Waals surface area contributed by atoms with Gasteiger partial charge in [-0.1, -0.05) is 12.1 Å². The Labute approximate surface area is 99.4 Å². The van der Waals surface area contributed by atoms with Gasteiger partial charge in [-0.15, -0.1) is 0 Å². The molecule has 0 radical (unpaired) electrons. The average molecular weight is 230 g/mol. The third-order valence-electron chi connectivity index (χ3n) is 2.57. The lowest BCUT2D eigenvalue weighted by Crippen LogP contribution is -1.93. The van der Waals surface area contributed by atoms with Crippen molar-refractivity contribution in [3.63, 3.8) is 0 Å². The first-order valence-corrected chi connectivity index (χ1v) is 5.14. The maximum atomic E-state index is 9.71. The van der Waals surface area contributed by atoms with Crippen LogP contribution in [0.3, 0.4) is 0 Å². The molecule has 0 fully saturated rings. The van der Waals surface area contributed by atoms with Crippen LogP contribution in [0.2, 0.25) is 0 Å². The summed E-state index contributed by atoms with van der Waals surface area (Å²) in [6.45, 7) is 0. The monoisotopic (exact) mass is 230 g/mol. The minimum Gasteiger partial charge on any atom is -0.504 e. The Bertz CT molecular complexity index is 553. The molecular formula is C13H14N2O2. The minimum absolute atomic E-state index is 0.0845. The standard InChI is InChI=1S/C13H14N2O2/c1-17-13-5-2-8(6-12(13)16)10-4-3-9(14)7-11(10)15/h2-7,16H,14-15H2,1H3. The quantitative estimate of drug-likeness (QED) is 0.691. The molecule has 2 rings (SSSR count). The third-order valence-corrected chi connectivity index (χ3v) is 2.57. The van der Waals surface area contributed by atoms with E-state index in [0.29, 0.717) is 17.1 Å². The maximum Gasteiger partial charge on any atom is 0.160 e. The number of nitrogens with two attached hydrogens (primary N) is 2. The average Bonchev–Trinajstić information content (AvgIpc) is 2.29. The Kier molecular flexibility index (Phi) is 2.78. The summed E-state index contributed by atoms with van der Waals surface area (Å²) in [4.78, 5) is 0. The third kappa shape index (κ3) is 2.10. The summed E-state index contributed by atoms with van der Waals surface area (Å²) in [7, 11) is 1.51. The highest BCUT2D eigenvalue weighted by molar-refractivity contribution is 5.79. The topological polar surface area (TPSA) is 81.5 Å². The van der Waals surface area contributed by atoms with Gasteiger partial charge in [0.15, 0.2) is 11.5 Å². The van der Waals surface area contributed by atoms with E-state index in [0.717, 1.165) is 11.1 Å². The number of aromatic hydroxyl groups is 1. The van der Waals surface area contributed by atoms with E-state index in [1.54, 1.807) is 24.3 Å². The van der Waals surface area contributed by atoms with Crippen LogP contribution < -0.4 is 16.2 Å². The lowest BCUT2D eigenvalue weighted by Gasteiger charge is -2.09. The fraction of sp³-hybridized carbons (Fsp3) is 0.0769. The fourth-order valence-electron chi connectivity index (χ4n) is 1.70. The van der Waals surface area contributed by atoms with Gasteiger partial charge in [0.05, 0.1) is 7.11 Å². The van der Waals surface area contributed by atoms with Crippen LogP contribution in [-0.4, -0.2) is 12.2 Å².